The predicted octanol–water partition coefficient (Wildman–Crippen LogP) is 2.34. The number of hydrogen-bond donors (Lipinski definition) is 1. The maximum absolute atomic E-state index is 13.5. The van der Waals surface area contributed by atoms with Gasteiger partial charge >= 0.3 is 0 Å². The molecule has 2 aliphatic rings. The molecule has 0 radical (unpaired) electrons. The van der Waals surface area contributed by atoms with Crippen molar-refractivity contribution in [2.24, 2.45) is 0 Å². The van der Waals surface area contributed by atoms with Crippen LogP contribution in [0.3, 0.4) is 0 Å². The van der Waals surface area contributed by atoms with Gasteiger partial charge in [-0.05, 0) is 42.5 Å². The van der Waals surface area contributed by atoms with Crippen LogP contribution in [0.2, 0.25) is 0 Å². The van der Waals surface area contributed by atoms with Gasteiger partial charge in [-0.3, -0.25) is 9.78 Å². The van der Waals surface area contributed by atoms with Crippen LogP contribution in [-0.2, 0) is 19.5 Å². The van der Waals surface area contributed by atoms with Crippen molar-refractivity contribution >= 4 is 38.2 Å². The maximum atomic E-state index is 13.5. The summed E-state index contributed by atoms with van der Waals surface area (Å²) >= 11 is 0. The second-order valence-corrected chi connectivity index (χ2v) is 10.1. The third-order valence-corrected chi connectivity index (χ3v) is 7.93. The Morgan fingerprint density at radius 2 is 1.65 bits per heavy atom. The number of morpholine rings is 2. The average molecular weight is 483 g/mol. The zero-order chi connectivity index (χ0) is 23.5. The SMILES string of the molecule is O=C(Nc1ccc2ncccc2c1)c1cc(S(=O)(=O)N2CCOCC2)ccc1N1CCOCC1. The lowest BCUT2D eigenvalue weighted by Gasteiger charge is -2.31. The van der Waals surface area contributed by atoms with E-state index in [4.69, 9.17) is 9.47 Å². The molecule has 3 heterocycles. The number of nitrogens with zero attached hydrogens (tertiary/aromatic N) is 3. The fraction of sp³-hybridized carbons (Fsp3) is 0.333. The molecule has 1 aromatic heterocycles. The normalized spacial score (nSPS) is 17.6. The van der Waals surface area contributed by atoms with Crippen LogP contribution >= 0.6 is 0 Å². The summed E-state index contributed by atoms with van der Waals surface area (Å²) in [5.74, 6) is -0.372. The summed E-state index contributed by atoms with van der Waals surface area (Å²) in [5.41, 5.74) is 2.43. The summed E-state index contributed by atoms with van der Waals surface area (Å²) < 4.78 is 38.7. The van der Waals surface area contributed by atoms with E-state index in [0.29, 0.717) is 69.5 Å². The molecule has 2 aliphatic heterocycles. The number of rotatable bonds is 5. The molecule has 1 N–H and O–H groups in total. The molecule has 0 aliphatic carbocycles. The molecule has 0 bridgehead atoms. The van der Waals surface area contributed by atoms with Crippen molar-refractivity contribution in [1.82, 2.24) is 9.29 Å². The van der Waals surface area contributed by atoms with Crippen LogP contribution < -0.4 is 10.2 Å². The molecule has 2 aromatic carbocycles. The summed E-state index contributed by atoms with van der Waals surface area (Å²) in [4.78, 5) is 19.9. The minimum Gasteiger partial charge on any atom is -0.379 e. The van der Waals surface area contributed by atoms with Gasteiger partial charge in [0.15, 0.2) is 0 Å². The van der Waals surface area contributed by atoms with Crippen LogP contribution in [0.1, 0.15) is 10.4 Å². The zero-order valence-electron chi connectivity index (χ0n) is 18.6. The quantitative estimate of drug-likeness (QED) is 0.596. The van der Waals surface area contributed by atoms with Gasteiger partial charge in [0.2, 0.25) is 10.0 Å². The number of carbonyl (C=O) groups is 1. The van der Waals surface area contributed by atoms with Crippen molar-refractivity contribution < 1.29 is 22.7 Å². The third kappa shape index (κ3) is 4.62. The minimum absolute atomic E-state index is 0.0965. The number of amides is 1. The number of fused-ring (bicyclic) bond motifs is 1. The molecule has 2 saturated heterocycles. The largest absolute Gasteiger partial charge is 0.379 e. The van der Waals surface area contributed by atoms with Crippen molar-refractivity contribution in [1.29, 1.82) is 0 Å². The van der Waals surface area contributed by atoms with Gasteiger partial charge in [0, 0.05) is 49.1 Å². The maximum Gasteiger partial charge on any atom is 0.257 e. The molecule has 0 saturated carbocycles. The van der Waals surface area contributed by atoms with Crippen molar-refractivity contribution in [2.45, 2.75) is 4.90 Å². The van der Waals surface area contributed by atoms with Crippen LogP contribution in [0.4, 0.5) is 11.4 Å². The first-order valence-electron chi connectivity index (χ1n) is 11.2. The van der Waals surface area contributed by atoms with Crippen molar-refractivity contribution in [3.8, 4) is 0 Å². The monoisotopic (exact) mass is 482 g/mol. The molecule has 34 heavy (non-hydrogen) atoms. The Labute approximate surface area is 198 Å². The lowest BCUT2D eigenvalue weighted by atomic mass is 10.1. The van der Waals surface area contributed by atoms with Gasteiger partial charge < -0.3 is 19.7 Å². The second-order valence-electron chi connectivity index (χ2n) is 8.16. The summed E-state index contributed by atoms with van der Waals surface area (Å²) in [6.07, 6.45) is 1.72. The average Bonchev–Trinajstić information content (AvgIpc) is 2.89. The number of carbonyl (C=O) groups excluding carboxylic acids is 1. The smallest absolute Gasteiger partial charge is 0.257 e. The van der Waals surface area contributed by atoms with Gasteiger partial charge in [-0.1, -0.05) is 6.07 Å². The van der Waals surface area contributed by atoms with Crippen LogP contribution in [0.5, 0.6) is 0 Å². The number of nitrogens with one attached hydrogen (secondary N) is 1. The first kappa shape index (κ1) is 22.7. The van der Waals surface area contributed by atoms with Crippen LogP contribution in [0.15, 0.2) is 59.6 Å². The van der Waals surface area contributed by atoms with Crippen LogP contribution in [-0.4, -0.2) is 76.2 Å². The number of benzene rings is 2. The highest BCUT2D eigenvalue weighted by Crippen LogP contribution is 2.28. The Morgan fingerprint density at radius 3 is 2.41 bits per heavy atom. The first-order valence-corrected chi connectivity index (χ1v) is 12.7. The Morgan fingerprint density at radius 1 is 0.912 bits per heavy atom. The van der Waals surface area contributed by atoms with E-state index in [2.05, 4.69) is 10.3 Å². The lowest BCUT2D eigenvalue weighted by Crippen LogP contribution is -2.41. The van der Waals surface area contributed by atoms with Gasteiger partial charge in [-0.25, -0.2) is 8.42 Å². The molecule has 3 aromatic rings. The molecule has 5 rings (SSSR count). The molecular weight excluding hydrogens is 456 g/mol. The Bertz CT molecular complexity index is 1300. The van der Waals surface area contributed by atoms with E-state index >= 15 is 0 Å². The number of pyridine rings is 1. The number of ether oxygens (including phenoxy) is 2. The van der Waals surface area contributed by atoms with Gasteiger partial charge in [0.1, 0.15) is 0 Å². The van der Waals surface area contributed by atoms with Gasteiger partial charge in [0.05, 0.1) is 42.4 Å². The molecule has 10 heteroatoms. The van der Waals surface area contributed by atoms with E-state index in [1.54, 1.807) is 24.4 Å². The van der Waals surface area contributed by atoms with E-state index in [1.165, 1.54) is 10.4 Å². The fourth-order valence-corrected chi connectivity index (χ4v) is 5.66. The molecule has 0 unspecified atom stereocenters. The third-order valence-electron chi connectivity index (χ3n) is 6.03. The minimum atomic E-state index is -3.75. The van der Waals surface area contributed by atoms with Gasteiger partial charge in [-0.2, -0.15) is 4.31 Å². The van der Waals surface area contributed by atoms with E-state index in [1.807, 2.05) is 29.2 Å². The van der Waals surface area contributed by atoms with Gasteiger partial charge in [-0.15, -0.1) is 0 Å². The standard InChI is InChI=1S/C24H26N4O5S/c29-24(26-19-3-5-22-18(16-19)2-1-7-25-22)21-17-20(34(30,31)28-10-14-33-15-11-28)4-6-23(21)27-8-12-32-13-9-27/h1-7,16-17H,8-15H2,(H,26,29). The molecule has 0 atom stereocenters. The number of anilines is 2. The predicted molar refractivity (Wildman–Crippen MR) is 129 cm³/mol. The number of hydrogen-bond acceptors (Lipinski definition) is 7. The topological polar surface area (TPSA) is 101 Å². The highest BCUT2D eigenvalue weighted by atomic mass is 32.2. The fourth-order valence-electron chi connectivity index (χ4n) is 4.23. The summed E-state index contributed by atoms with van der Waals surface area (Å²) in [6.45, 7) is 3.64. The molecule has 9 nitrogen and oxygen atoms in total. The molecular formula is C24H26N4O5S. The van der Waals surface area contributed by atoms with E-state index in [-0.39, 0.29) is 10.8 Å². The molecule has 178 valence electrons. The Balaban J connectivity index is 1.50. The first-order chi connectivity index (χ1) is 16.5. The molecule has 0 spiro atoms. The lowest BCUT2D eigenvalue weighted by molar-refractivity contribution is 0.0730. The molecule has 1 amide bonds. The van der Waals surface area contributed by atoms with Gasteiger partial charge in [0.25, 0.3) is 5.91 Å². The molecule has 2 fully saturated rings. The number of sulfonamides is 1. The van der Waals surface area contributed by atoms with Crippen LogP contribution in [0.25, 0.3) is 10.9 Å². The van der Waals surface area contributed by atoms with Crippen molar-refractivity contribution in [3.05, 3.63) is 60.3 Å². The summed E-state index contributed by atoms with van der Waals surface area (Å²) in [5, 5.41) is 3.84. The Hall–Kier alpha value is -3.05. The van der Waals surface area contributed by atoms with Crippen molar-refractivity contribution in [3.63, 3.8) is 0 Å². The highest BCUT2D eigenvalue weighted by Gasteiger charge is 2.29. The highest BCUT2D eigenvalue weighted by molar-refractivity contribution is 7.89. The zero-order valence-corrected chi connectivity index (χ0v) is 19.5. The van der Waals surface area contributed by atoms with Crippen molar-refractivity contribution in [2.75, 3.05) is 62.8 Å². The summed E-state index contributed by atoms with van der Waals surface area (Å²) in [6, 6.07) is 14.0. The van der Waals surface area contributed by atoms with Crippen LogP contribution in [0, 0.1) is 0 Å². The van der Waals surface area contributed by atoms with E-state index in [9.17, 15) is 13.2 Å². The van der Waals surface area contributed by atoms with E-state index < -0.39 is 10.0 Å². The van der Waals surface area contributed by atoms with E-state index in [0.717, 1.165) is 10.9 Å². The Kier molecular flexibility index (Phi) is 6.46. The number of aromatic nitrogens is 1. The summed E-state index contributed by atoms with van der Waals surface area (Å²) in [7, 11) is -3.75. The second kappa shape index (κ2) is 9.67.